The van der Waals surface area contributed by atoms with Crippen molar-refractivity contribution < 1.29 is 9.47 Å². The maximum absolute atomic E-state index is 5.41. The molecule has 0 saturated heterocycles. The summed E-state index contributed by atoms with van der Waals surface area (Å²) >= 11 is 0. The van der Waals surface area contributed by atoms with E-state index in [4.69, 9.17) is 9.47 Å². The van der Waals surface area contributed by atoms with Crippen molar-refractivity contribution in [2.75, 3.05) is 45.3 Å². The molecule has 0 N–H and O–H groups in total. The lowest BCUT2D eigenvalue weighted by molar-refractivity contribution is 0.285. The zero-order valence-corrected chi connectivity index (χ0v) is 30.7. The van der Waals surface area contributed by atoms with E-state index < -0.39 is 0 Å². The fraction of sp³-hybridized carbons (Fsp3) is 0.674. The summed E-state index contributed by atoms with van der Waals surface area (Å²) in [6.07, 6.45) is 32.1. The van der Waals surface area contributed by atoms with E-state index in [0.717, 1.165) is 30.5 Å². The largest absolute Gasteiger partial charge is 0.497 e. The summed E-state index contributed by atoms with van der Waals surface area (Å²) in [5, 5.41) is 0. The van der Waals surface area contributed by atoms with Crippen molar-refractivity contribution in [2.24, 2.45) is 5.92 Å². The molecule has 0 amide bonds. The van der Waals surface area contributed by atoms with E-state index in [-0.39, 0.29) is 0 Å². The molecule has 0 radical (unpaired) electrons. The number of hydrogen-bond acceptors (Lipinski definition) is 4. The highest BCUT2D eigenvalue weighted by atomic mass is 16.5. The lowest BCUT2D eigenvalue weighted by Gasteiger charge is -2.31. The van der Waals surface area contributed by atoms with Crippen LogP contribution in [0.1, 0.15) is 141 Å². The second-order valence-corrected chi connectivity index (χ2v) is 14.1. The maximum atomic E-state index is 5.41. The molecule has 0 bridgehead atoms. The third kappa shape index (κ3) is 17.5. The molecule has 2 aromatic carbocycles. The summed E-state index contributed by atoms with van der Waals surface area (Å²) in [6, 6.07) is 17.4. The molecule has 0 spiro atoms. The fourth-order valence-corrected chi connectivity index (χ4v) is 7.11. The fourth-order valence-electron chi connectivity index (χ4n) is 7.11. The van der Waals surface area contributed by atoms with Gasteiger partial charge in [0.25, 0.3) is 0 Å². The van der Waals surface area contributed by atoms with Crippen LogP contribution in [0.3, 0.4) is 0 Å². The summed E-state index contributed by atoms with van der Waals surface area (Å²) in [7, 11) is 3.49. The van der Waals surface area contributed by atoms with Crippen LogP contribution in [0.2, 0.25) is 0 Å². The minimum Gasteiger partial charge on any atom is -0.497 e. The minimum atomic E-state index is 0.863. The molecule has 0 atom stereocenters. The van der Waals surface area contributed by atoms with Crippen LogP contribution in [-0.4, -0.2) is 45.3 Å². The van der Waals surface area contributed by atoms with Gasteiger partial charge in [0.15, 0.2) is 0 Å². The molecule has 1 aliphatic rings. The van der Waals surface area contributed by atoms with Gasteiger partial charge in [-0.05, 0) is 92.9 Å². The Kier molecular flexibility index (Phi) is 21.2. The van der Waals surface area contributed by atoms with Crippen molar-refractivity contribution >= 4 is 5.69 Å². The van der Waals surface area contributed by atoms with Gasteiger partial charge in [-0.15, -0.1) is 0 Å². The number of methoxy groups -OCH3 is 2. The molecule has 47 heavy (non-hydrogen) atoms. The van der Waals surface area contributed by atoms with E-state index in [0.29, 0.717) is 0 Å². The van der Waals surface area contributed by atoms with Crippen LogP contribution in [0.4, 0.5) is 5.69 Å². The average molecular weight is 647 g/mol. The van der Waals surface area contributed by atoms with Gasteiger partial charge in [0.1, 0.15) is 11.5 Å². The van der Waals surface area contributed by atoms with E-state index in [9.17, 15) is 0 Å². The molecular weight excluding hydrogens is 576 g/mol. The van der Waals surface area contributed by atoms with Crippen LogP contribution in [0.25, 0.3) is 0 Å². The summed E-state index contributed by atoms with van der Waals surface area (Å²) in [5.74, 6) is 2.75. The second kappa shape index (κ2) is 25.5. The Balaban J connectivity index is 1.28. The number of allylic oxidation sites excluding steroid dienone is 1. The number of rotatable bonds is 27. The standard InChI is InChI=1S/C43H70N2O2/c1-4-5-6-7-12-15-21-34-44(37-40-26-30-42(46-2)31-27-40)35-22-16-13-10-8-9-11-14-17-23-36-45(38-39-24-19-18-20-25-39)41-28-32-43(47-3)33-29-41/h16,22,26-33,39H,4-15,17-21,23-25,34-38H2,1-3H3/b22-16+. The molecule has 4 heteroatoms. The molecule has 1 saturated carbocycles. The Morgan fingerprint density at radius 2 is 1.17 bits per heavy atom. The van der Waals surface area contributed by atoms with E-state index in [1.165, 1.54) is 159 Å². The van der Waals surface area contributed by atoms with Crippen LogP contribution in [0, 0.1) is 5.92 Å². The molecule has 0 unspecified atom stereocenters. The van der Waals surface area contributed by atoms with E-state index in [1.807, 2.05) is 0 Å². The van der Waals surface area contributed by atoms with Crippen molar-refractivity contribution in [3.63, 3.8) is 0 Å². The number of unbranched alkanes of at least 4 members (excludes halogenated alkanes) is 13. The van der Waals surface area contributed by atoms with Gasteiger partial charge in [-0.2, -0.15) is 0 Å². The summed E-state index contributed by atoms with van der Waals surface area (Å²) in [6.45, 7) is 7.95. The Morgan fingerprint density at radius 3 is 1.79 bits per heavy atom. The van der Waals surface area contributed by atoms with Crippen molar-refractivity contribution in [2.45, 2.75) is 142 Å². The molecular formula is C43H70N2O2. The Morgan fingerprint density at radius 1 is 0.617 bits per heavy atom. The Bertz CT molecular complexity index is 1030. The van der Waals surface area contributed by atoms with Gasteiger partial charge in [-0.25, -0.2) is 0 Å². The average Bonchev–Trinajstić information content (AvgIpc) is 3.11. The summed E-state index contributed by atoms with van der Waals surface area (Å²) < 4.78 is 10.8. The molecule has 1 fully saturated rings. The highest BCUT2D eigenvalue weighted by molar-refractivity contribution is 5.49. The van der Waals surface area contributed by atoms with Crippen LogP contribution in [0.15, 0.2) is 60.7 Å². The lowest BCUT2D eigenvalue weighted by atomic mass is 9.88. The van der Waals surface area contributed by atoms with Gasteiger partial charge in [0.05, 0.1) is 14.2 Å². The minimum absolute atomic E-state index is 0.863. The monoisotopic (exact) mass is 647 g/mol. The number of hydrogen-bond donors (Lipinski definition) is 0. The molecule has 2 aromatic rings. The maximum Gasteiger partial charge on any atom is 0.119 e. The normalized spacial score (nSPS) is 13.9. The van der Waals surface area contributed by atoms with Crippen molar-refractivity contribution in [1.29, 1.82) is 0 Å². The van der Waals surface area contributed by atoms with Gasteiger partial charge in [-0.3, -0.25) is 4.90 Å². The molecule has 4 nitrogen and oxygen atoms in total. The Labute approximate surface area is 290 Å². The first-order valence-electron chi connectivity index (χ1n) is 19.6. The first-order valence-corrected chi connectivity index (χ1v) is 19.6. The number of anilines is 1. The molecule has 3 rings (SSSR count). The SMILES string of the molecule is CCCCCCCCCN(C/C=C/CCCCCCCCCN(CC1CCCCC1)c1ccc(OC)cc1)Cc1ccc(OC)cc1. The van der Waals surface area contributed by atoms with Gasteiger partial charge in [0, 0.05) is 31.9 Å². The van der Waals surface area contributed by atoms with E-state index in [1.54, 1.807) is 14.2 Å². The zero-order chi connectivity index (χ0) is 33.2. The highest BCUT2D eigenvalue weighted by Crippen LogP contribution is 2.28. The predicted molar refractivity (Wildman–Crippen MR) is 204 cm³/mol. The molecule has 0 aliphatic heterocycles. The van der Waals surface area contributed by atoms with E-state index >= 15 is 0 Å². The van der Waals surface area contributed by atoms with Crippen LogP contribution in [0.5, 0.6) is 11.5 Å². The van der Waals surface area contributed by atoms with Crippen molar-refractivity contribution in [1.82, 2.24) is 4.90 Å². The molecule has 0 heterocycles. The van der Waals surface area contributed by atoms with Crippen LogP contribution in [-0.2, 0) is 6.54 Å². The highest BCUT2D eigenvalue weighted by Gasteiger charge is 2.17. The summed E-state index contributed by atoms with van der Waals surface area (Å²) in [5.41, 5.74) is 2.74. The predicted octanol–water partition coefficient (Wildman–Crippen LogP) is 12.0. The van der Waals surface area contributed by atoms with Crippen LogP contribution >= 0.6 is 0 Å². The smallest absolute Gasteiger partial charge is 0.119 e. The zero-order valence-electron chi connectivity index (χ0n) is 30.7. The number of nitrogens with zero attached hydrogens (tertiary/aromatic N) is 2. The lowest BCUT2D eigenvalue weighted by Crippen LogP contribution is -2.31. The topological polar surface area (TPSA) is 24.9 Å². The van der Waals surface area contributed by atoms with Gasteiger partial charge in [0.2, 0.25) is 0 Å². The van der Waals surface area contributed by atoms with Gasteiger partial charge in [-0.1, -0.05) is 121 Å². The molecule has 1 aliphatic carbocycles. The quantitative estimate of drug-likeness (QED) is 0.0712. The number of benzene rings is 2. The third-order valence-electron chi connectivity index (χ3n) is 10.1. The van der Waals surface area contributed by atoms with Crippen molar-refractivity contribution in [3.05, 3.63) is 66.2 Å². The third-order valence-corrected chi connectivity index (χ3v) is 10.1. The molecule has 264 valence electrons. The Hall–Kier alpha value is -2.46. The van der Waals surface area contributed by atoms with Crippen LogP contribution < -0.4 is 14.4 Å². The first kappa shape index (κ1) is 39.0. The first-order chi connectivity index (χ1) is 23.2. The second-order valence-electron chi connectivity index (χ2n) is 14.1. The van der Waals surface area contributed by atoms with Gasteiger partial charge >= 0.3 is 0 Å². The number of ether oxygens (including phenoxy) is 2. The molecule has 0 aromatic heterocycles. The van der Waals surface area contributed by atoms with E-state index in [2.05, 4.69) is 77.4 Å². The summed E-state index contributed by atoms with van der Waals surface area (Å²) in [4.78, 5) is 5.28. The van der Waals surface area contributed by atoms with Gasteiger partial charge < -0.3 is 14.4 Å². The van der Waals surface area contributed by atoms with Crippen molar-refractivity contribution in [3.8, 4) is 11.5 Å².